The lowest BCUT2D eigenvalue weighted by Gasteiger charge is -2.16. The first-order chi connectivity index (χ1) is 10.8. The maximum atomic E-state index is 3.71. The first-order valence-corrected chi connectivity index (χ1v) is 8.77. The molecule has 104 valence electrons. The number of hydrogen-bond acceptors (Lipinski definition) is 0. The molecule has 22 heavy (non-hydrogen) atoms. The molecule has 0 aliphatic carbocycles. The van der Waals surface area contributed by atoms with E-state index in [2.05, 4.69) is 92.5 Å². The number of benzene rings is 5. The topological polar surface area (TPSA) is 0 Å². The van der Waals surface area contributed by atoms with Gasteiger partial charge in [0.2, 0.25) is 0 Å². The summed E-state index contributed by atoms with van der Waals surface area (Å²) < 4.78 is 2.30. The molecule has 0 aliphatic heterocycles. The van der Waals surface area contributed by atoms with Crippen molar-refractivity contribution in [2.45, 2.75) is 0 Å². The molecule has 0 nitrogen and oxygen atoms in total. The highest BCUT2D eigenvalue weighted by molar-refractivity contribution is 9.11. The van der Waals surface area contributed by atoms with Gasteiger partial charge >= 0.3 is 0 Å². The summed E-state index contributed by atoms with van der Waals surface area (Å²) in [6.07, 6.45) is 0. The molecule has 0 aliphatic rings. The van der Waals surface area contributed by atoms with E-state index >= 15 is 0 Å². The Morgan fingerprint density at radius 2 is 0.818 bits per heavy atom. The molecule has 0 heterocycles. The fourth-order valence-corrected chi connectivity index (χ4v) is 4.55. The van der Waals surface area contributed by atoms with E-state index < -0.39 is 0 Å². The van der Waals surface area contributed by atoms with E-state index in [-0.39, 0.29) is 0 Å². The Morgan fingerprint density at radius 3 is 1.27 bits per heavy atom. The van der Waals surface area contributed by atoms with Crippen LogP contribution in [0.2, 0.25) is 0 Å². The number of hydrogen-bond donors (Lipinski definition) is 0. The molecular weight excluding hydrogens is 400 g/mol. The molecule has 2 heteroatoms. The third-order valence-corrected chi connectivity index (χ3v) is 5.94. The molecule has 0 aromatic heterocycles. The smallest absolute Gasteiger partial charge is 0.0254 e. The van der Waals surface area contributed by atoms with E-state index in [1.54, 1.807) is 0 Å². The van der Waals surface area contributed by atoms with E-state index in [9.17, 15) is 0 Å². The lowest BCUT2D eigenvalue weighted by Crippen LogP contribution is -1.88. The summed E-state index contributed by atoms with van der Waals surface area (Å²) in [4.78, 5) is 0. The third-order valence-electron chi connectivity index (χ3n) is 4.56. The van der Waals surface area contributed by atoms with Crippen molar-refractivity contribution in [2.24, 2.45) is 0 Å². The summed E-state index contributed by atoms with van der Waals surface area (Å²) in [5.74, 6) is 0. The van der Waals surface area contributed by atoms with E-state index in [0.717, 1.165) is 8.95 Å². The van der Waals surface area contributed by atoms with Crippen molar-refractivity contribution in [3.8, 4) is 0 Å². The van der Waals surface area contributed by atoms with Crippen LogP contribution in [0.1, 0.15) is 0 Å². The van der Waals surface area contributed by atoms with Gasteiger partial charge in [-0.2, -0.15) is 0 Å². The number of fused-ring (bicyclic) bond motifs is 3. The molecule has 0 saturated carbocycles. The Bertz CT molecular complexity index is 1090. The lowest BCUT2D eigenvalue weighted by molar-refractivity contribution is 1.74. The zero-order valence-corrected chi connectivity index (χ0v) is 14.7. The van der Waals surface area contributed by atoms with Crippen LogP contribution in [-0.4, -0.2) is 0 Å². The van der Waals surface area contributed by atoms with Gasteiger partial charge < -0.3 is 0 Å². The summed E-state index contributed by atoms with van der Waals surface area (Å²) in [5, 5.41) is 10.5. The Balaban J connectivity index is 2.30. The van der Waals surface area contributed by atoms with Crippen molar-refractivity contribution in [3.63, 3.8) is 0 Å². The first-order valence-electron chi connectivity index (χ1n) is 7.19. The van der Waals surface area contributed by atoms with Crippen LogP contribution in [0.25, 0.3) is 43.1 Å². The van der Waals surface area contributed by atoms with Gasteiger partial charge in [0.05, 0.1) is 0 Å². The second-order valence-electron chi connectivity index (χ2n) is 5.65. The van der Waals surface area contributed by atoms with Crippen molar-refractivity contribution >= 4 is 74.9 Å². The van der Waals surface area contributed by atoms with E-state index in [1.165, 1.54) is 43.1 Å². The van der Waals surface area contributed by atoms with E-state index in [4.69, 9.17) is 0 Å². The molecule has 5 rings (SSSR count). The van der Waals surface area contributed by atoms with Gasteiger partial charge in [-0.15, -0.1) is 0 Å². The van der Waals surface area contributed by atoms with Gasteiger partial charge in [-0.3, -0.25) is 0 Å². The van der Waals surface area contributed by atoms with Gasteiger partial charge in [0, 0.05) is 8.95 Å². The maximum absolute atomic E-state index is 3.71. The van der Waals surface area contributed by atoms with Gasteiger partial charge in [-0.25, -0.2) is 0 Å². The fraction of sp³-hybridized carbons (Fsp3) is 0. The van der Waals surface area contributed by atoms with Crippen LogP contribution in [0.15, 0.2) is 69.6 Å². The van der Waals surface area contributed by atoms with Crippen LogP contribution < -0.4 is 0 Å². The van der Waals surface area contributed by atoms with Crippen molar-refractivity contribution in [1.29, 1.82) is 0 Å². The SMILES string of the molecule is Brc1ccc2c3ccccc3c3ccc(Br)c4ccc1c2c43. The molecule has 0 N–H and O–H groups in total. The Kier molecular flexibility index (Phi) is 2.59. The van der Waals surface area contributed by atoms with Gasteiger partial charge in [0.1, 0.15) is 0 Å². The highest BCUT2D eigenvalue weighted by Crippen LogP contribution is 2.44. The second-order valence-corrected chi connectivity index (χ2v) is 7.35. The van der Waals surface area contributed by atoms with Crippen LogP contribution in [-0.2, 0) is 0 Å². The molecule has 0 fully saturated rings. The molecule has 0 atom stereocenters. The Morgan fingerprint density at radius 1 is 0.409 bits per heavy atom. The van der Waals surface area contributed by atoms with Crippen LogP contribution in [0.5, 0.6) is 0 Å². The van der Waals surface area contributed by atoms with E-state index in [0.29, 0.717) is 0 Å². The average molecular weight is 410 g/mol. The summed E-state index contributed by atoms with van der Waals surface area (Å²) in [6, 6.07) is 21.9. The van der Waals surface area contributed by atoms with Crippen molar-refractivity contribution in [2.75, 3.05) is 0 Å². The van der Waals surface area contributed by atoms with Crippen molar-refractivity contribution < 1.29 is 0 Å². The standard InChI is InChI=1S/C20H10Br2/c21-17-9-7-13-11-3-1-2-4-12(11)14-8-10-18(22)16-6-5-15(17)19(13)20(14)16/h1-10H. The van der Waals surface area contributed by atoms with Crippen LogP contribution in [0.4, 0.5) is 0 Å². The minimum absolute atomic E-state index is 1.15. The summed E-state index contributed by atoms with van der Waals surface area (Å²) in [5.41, 5.74) is 0. The molecule has 5 aromatic carbocycles. The molecule has 5 aromatic rings. The maximum Gasteiger partial charge on any atom is 0.0254 e. The Hall–Kier alpha value is -1.64. The minimum atomic E-state index is 1.15. The third kappa shape index (κ3) is 1.52. The molecule has 0 saturated heterocycles. The van der Waals surface area contributed by atoms with Crippen LogP contribution in [0, 0.1) is 0 Å². The predicted molar refractivity (Wildman–Crippen MR) is 103 cm³/mol. The van der Waals surface area contributed by atoms with Gasteiger partial charge in [-0.05, 0) is 55.2 Å². The van der Waals surface area contributed by atoms with Crippen LogP contribution >= 0.6 is 31.9 Å². The molecule has 0 spiro atoms. The van der Waals surface area contributed by atoms with Crippen molar-refractivity contribution in [1.82, 2.24) is 0 Å². The largest absolute Gasteiger partial charge is 0.0616 e. The fourth-order valence-electron chi connectivity index (χ4n) is 3.62. The average Bonchev–Trinajstić information content (AvgIpc) is 2.56. The van der Waals surface area contributed by atoms with Gasteiger partial charge in [0.25, 0.3) is 0 Å². The lowest BCUT2D eigenvalue weighted by atomic mass is 9.89. The quantitative estimate of drug-likeness (QED) is 0.186. The number of halogens is 2. The normalized spacial score (nSPS) is 12.1. The number of rotatable bonds is 0. The van der Waals surface area contributed by atoms with Crippen molar-refractivity contribution in [3.05, 3.63) is 69.6 Å². The first kappa shape index (κ1) is 12.9. The molecule has 0 radical (unpaired) electrons. The zero-order chi connectivity index (χ0) is 14.8. The molecular formula is C20H10Br2. The minimum Gasteiger partial charge on any atom is -0.0616 e. The highest BCUT2D eigenvalue weighted by atomic mass is 79.9. The predicted octanol–water partition coefficient (Wildman–Crippen LogP) is 7.26. The van der Waals surface area contributed by atoms with E-state index in [1.807, 2.05) is 0 Å². The Labute approximate surface area is 144 Å². The summed E-state index contributed by atoms with van der Waals surface area (Å²) in [7, 11) is 0. The van der Waals surface area contributed by atoms with Crippen LogP contribution in [0.3, 0.4) is 0 Å². The van der Waals surface area contributed by atoms with Gasteiger partial charge in [-0.1, -0.05) is 80.4 Å². The zero-order valence-electron chi connectivity index (χ0n) is 11.5. The molecule has 0 bridgehead atoms. The monoisotopic (exact) mass is 408 g/mol. The summed E-state index contributed by atoms with van der Waals surface area (Å²) >= 11 is 7.42. The summed E-state index contributed by atoms with van der Waals surface area (Å²) in [6.45, 7) is 0. The highest BCUT2D eigenvalue weighted by Gasteiger charge is 2.15. The second kappa shape index (κ2) is 4.43. The molecule has 0 unspecified atom stereocenters. The molecule has 0 amide bonds. The van der Waals surface area contributed by atoms with Gasteiger partial charge in [0.15, 0.2) is 0 Å².